The average Bonchev–Trinajstić information content (AvgIpc) is 2.82. The summed E-state index contributed by atoms with van der Waals surface area (Å²) in [7, 11) is 0. The highest BCUT2D eigenvalue weighted by Gasteiger charge is 2.34. The van der Waals surface area contributed by atoms with Crippen molar-refractivity contribution in [1.82, 2.24) is 10.3 Å². The molecule has 1 aromatic heterocycles. The highest BCUT2D eigenvalue weighted by atomic mass is 32.1. The van der Waals surface area contributed by atoms with E-state index in [-0.39, 0.29) is 5.60 Å². The molecule has 0 saturated carbocycles. The van der Waals surface area contributed by atoms with Gasteiger partial charge in [0.25, 0.3) is 0 Å². The molecule has 1 atom stereocenters. The van der Waals surface area contributed by atoms with Crippen molar-refractivity contribution in [2.45, 2.75) is 65.0 Å². The predicted octanol–water partition coefficient (Wildman–Crippen LogP) is 3.79. The molecule has 2 heterocycles. The van der Waals surface area contributed by atoms with Crippen LogP contribution in [0.15, 0.2) is 0 Å². The molecule has 1 aliphatic heterocycles. The molecule has 0 aromatic carbocycles. The van der Waals surface area contributed by atoms with E-state index in [9.17, 15) is 0 Å². The van der Waals surface area contributed by atoms with Crippen LogP contribution >= 0.6 is 11.3 Å². The molecule has 0 spiro atoms. The SMILES string of the molecule is CCNCc1sc(C2(C)CCCCO2)nc1C(C)C. The zero-order valence-corrected chi connectivity index (χ0v) is 13.4. The molecule has 2 rings (SSSR count). The minimum Gasteiger partial charge on any atom is -0.368 e. The van der Waals surface area contributed by atoms with Gasteiger partial charge in [0, 0.05) is 18.0 Å². The van der Waals surface area contributed by atoms with E-state index >= 15 is 0 Å². The van der Waals surface area contributed by atoms with Crippen molar-refractivity contribution in [3.05, 3.63) is 15.6 Å². The van der Waals surface area contributed by atoms with Gasteiger partial charge < -0.3 is 10.1 Å². The lowest BCUT2D eigenvalue weighted by molar-refractivity contribution is -0.0702. The lowest BCUT2D eigenvalue weighted by atomic mass is 9.96. The van der Waals surface area contributed by atoms with E-state index in [4.69, 9.17) is 9.72 Å². The molecular formula is C15H26N2OS. The number of nitrogens with one attached hydrogen (secondary N) is 1. The van der Waals surface area contributed by atoms with Crippen molar-refractivity contribution < 1.29 is 4.74 Å². The molecule has 1 aromatic rings. The number of aromatic nitrogens is 1. The molecule has 1 aliphatic rings. The normalized spacial score (nSPS) is 24.1. The van der Waals surface area contributed by atoms with Crippen molar-refractivity contribution in [2.24, 2.45) is 0 Å². The van der Waals surface area contributed by atoms with Gasteiger partial charge in [-0.3, -0.25) is 0 Å². The lowest BCUT2D eigenvalue weighted by Crippen LogP contribution is -2.30. The van der Waals surface area contributed by atoms with E-state index in [0.29, 0.717) is 5.92 Å². The molecule has 0 aliphatic carbocycles. The van der Waals surface area contributed by atoms with Gasteiger partial charge in [0.2, 0.25) is 0 Å². The minimum absolute atomic E-state index is 0.156. The van der Waals surface area contributed by atoms with Gasteiger partial charge in [-0.05, 0) is 38.6 Å². The van der Waals surface area contributed by atoms with Gasteiger partial charge in [0.15, 0.2) is 0 Å². The first-order valence-corrected chi connectivity index (χ1v) is 8.23. The Kier molecular flexibility index (Phi) is 4.98. The van der Waals surface area contributed by atoms with Gasteiger partial charge >= 0.3 is 0 Å². The average molecular weight is 282 g/mol. The molecular weight excluding hydrogens is 256 g/mol. The summed E-state index contributed by atoms with van der Waals surface area (Å²) in [6, 6.07) is 0. The summed E-state index contributed by atoms with van der Waals surface area (Å²) < 4.78 is 6.03. The maximum absolute atomic E-state index is 6.03. The monoisotopic (exact) mass is 282 g/mol. The molecule has 1 unspecified atom stereocenters. The molecule has 1 saturated heterocycles. The number of hydrogen-bond donors (Lipinski definition) is 1. The van der Waals surface area contributed by atoms with Crippen LogP contribution in [0.1, 0.15) is 68.5 Å². The van der Waals surface area contributed by atoms with Crippen molar-refractivity contribution in [3.8, 4) is 0 Å². The van der Waals surface area contributed by atoms with Crippen LogP contribution in [0.2, 0.25) is 0 Å². The Bertz CT molecular complexity index is 408. The maximum atomic E-state index is 6.03. The number of ether oxygens (including phenoxy) is 1. The summed E-state index contributed by atoms with van der Waals surface area (Å²) in [5, 5.41) is 4.59. The van der Waals surface area contributed by atoms with Gasteiger partial charge in [-0.25, -0.2) is 4.98 Å². The highest BCUT2D eigenvalue weighted by molar-refractivity contribution is 7.11. The van der Waals surface area contributed by atoms with Gasteiger partial charge in [0.1, 0.15) is 10.6 Å². The van der Waals surface area contributed by atoms with Crippen LogP contribution in [0.4, 0.5) is 0 Å². The Labute approximate surface area is 120 Å². The van der Waals surface area contributed by atoms with Crippen molar-refractivity contribution in [3.63, 3.8) is 0 Å². The van der Waals surface area contributed by atoms with Crippen molar-refractivity contribution >= 4 is 11.3 Å². The quantitative estimate of drug-likeness (QED) is 0.892. The summed E-state index contributed by atoms with van der Waals surface area (Å²) in [4.78, 5) is 6.29. The van der Waals surface area contributed by atoms with E-state index < -0.39 is 0 Å². The fraction of sp³-hybridized carbons (Fsp3) is 0.800. The third-order valence-electron chi connectivity index (χ3n) is 3.73. The smallest absolute Gasteiger partial charge is 0.125 e. The van der Waals surface area contributed by atoms with Crippen LogP contribution in [-0.2, 0) is 16.9 Å². The number of nitrogens with zero attached hydrogens (tertiary/aromatic N) is 1. The Morgan fingerprint density at radius 3 is 2.79 bits per heavy atom. The standard InChI is InChI=1S/C15H26N2OS/c1-5-16-10-12-13(11(2)3)17-14(19-12)15(4)8-6-7-9-18-15/h11,16H,5-10H2,1-4H3. The van der Waals surface area contributed by atoms with E-state index in [1.165, 1.54) is 28.4 Å². The van der Waals surface area contributed by atoms with E-state index in [0.717, 1.165) is 26.1 Å². The summed E-state index contributed by atoms with van der Waals surface area (Å²) in [5.74, 6) is 0.478. The largest absolute Gasteiger partial charge is 0.368 e. The molecule has 0 bridgehead atoms. The third kappa shape index (κ3) is 3.36. The van der Waals surface area contributed by atoms with E-state index in [1.807, 2.05) is 11.3 Å². The predicted molar refractivity (Wildman–Crippen MR) is 80.7 cm³/mol. The summed E-state index contributed by atoms with van der Waals surface area (Å²) >= 11 is 1.83. The number of thiazole rings is 1. The molecule has 19 heavy (non-hydrogen) atoms. The molecule has 0 amide bonds. The zero-order chi connectivity index (χ0) is 13.9. The molecule has 1 N–H and O–H groups in total. The highest BCUT2D eigenvalue weighted by Crippen LogP contribution is 2.39. The number of hydrogen-bond acceptors (Lipinski definition) is 4. The zero-order valence-electron chi connectivity index (χ0n) is 12.6. The number of rotatable bonds is 5. The molecule has 1 fully saturated rings. The second-order valence-electron chi connectivity index (χ2n) is 5.80. The molecule has 0 radical (unpaired) electrons. The molecule has 3 nitrogen and oxygen atoms in total. The summed E-state index contributed by atoms with van der Waals surface area (Å²) in [5.41, 5.74) is 1.09. The first kappa shape index (κ1) is 14.9. The third-order valence-corrected chi connectivity index (χ3v) is 5.05. The van der Waals surface area contributed by atoms with E-state index in [1.54, 1.807) is 0 Å². The summed E-state index contributed by atoms with van der Waals surface area (Å²) in [6.45, 7) is 11.6. The first-order chi connectivity index (χ1) is 9.07. The van der Waals surface area contributed by atoms with E-state index in [2.05, 4.69) is 33.0 Å². The fourth-order valence-electron chi connectivity index (χ4n) is 2.51. The van der Waals surface area contributed by atoms with Gasteiger partial charge in [0.05, 0.1) is 5.69 Å². The van der Waals surface area contributed by atoms with Gasteiger partial charge in [-0.2, -0.15) is 0 Å². The topological polar surface area (TPSA) is 34.1 Å². The Balaban J connectivity index is 2.25. The van der Waals surface area contributed by atoms with Crippen LogP contribution in [0.25, 0.3) is 0 Å². The Hall–Kier alpha value is -0.450. The first-order valence-electron chi connectivity index (χ1n) is 7.41. The summed E-state index contributed by atoms with van der Waals surface area (Å²) in [6.07, 6.45) is 3.52. The van der Waals surface area contributed by atoms with Crippen molar-refractivity contribution in [2.75, 3.05) is 13.2 Å². The van der Waals surface area contributed by atoms with Crippen LogP contribution in [0, 0.1) is 0 Å². The second-order valence-corrected chi connectivity index (χ2v) is 6.88. The fourth-order valence-corrected chi connectivity index (χ4v) is 3.82. The molecule has 108 valence electrons. The molecule has 4 heteroatoms. The second kappa shape index (κ2) is 6.33. The minimum atomic E-state index is -0.156. The van der Waals surface area contributed by atoms with Crippen molar-refractivity contribution in [1.29, 1.82) is 0 Å². The Morgan fingerprint density at radius 1 is 1.42 bits per heavy atom. The van der Waals surface area contributed by atoms with Crippen LogP contribution < -0.4 is 5.32 Å². The lowest BCUT2D eigenvalue weighted by Gasteiger charge is -2.31. The van der Waals surface area contributed by atoms with Crippen LogP contribution in [-0.4, -0.2) is 18.1 Å². The van der Waals surface area contributed by atoms with Crippen LogP contribution in [0.5, 0.6) is 0 Å². The van der Waals surface area contributed by atoms with Crippen LogP contribution in [0.3, 0.4) is 0 Å². The maximum Gasteiger partial charge on any atom is 0.125 e. The Morgan fingerprint density at radius 2 is 2.21 bits per heavy atom. The van der Waals surface area contributed by atoms with Gasteiger partial charge in [-0.15, -0.1) is 11.3 Å². The van der Waals surface area contributed by atoms with Gasteiger partial charge in [-0.1, -0.05) is 20.8 Å².